The van der Waals surface area contributed by atoms with Crippen molar-refractivity contribution in [1.29, 1.82) is 0 Å². The molecule has 0 saturated heterocycles. The Labute approximate surface area is 95.8 Å². The van der Waals surface area contributed by atoms with Crippen LogP contribution in [-0.2, 0) is 6.18 Å². The van der Waals surface area contributed by atoms with Crippen LogP contribution >= 0.6 is 11.6 Å². The summed E-state index contributed by atoms with van der Waals surface area (Å²) in [5.41, 5.74) is -4.84. The molecule has 0 saturated carbocycles. The van der Waals surface area contributed by atoms with Crippen LogP contribution < -0.4 is 0 Å². The average molecular weight is 276 g/mol. The summed E-state index contributed by atoms with van der Waals surface area (Å²) in [4.78, 5) is 13.5. The number of nitrogens with zero attached hydrogens (tertiary/aromatic N) is 1. The molecule has 0 atom stereocenters. The van der Waals surface area contributed by atoms with E-state index in [1.54, 1.807) is 0 Å². The van der Waals surface area contributed by atoms with E-state index in [0.717, 1.165) is 0 Å². The molecule has 1 aromatic rings. The van der Waals surface area contributed by atoms with E-state index < -0.39 is 40.5 Å². The summed E-state index contributed by atoms with van der Waals surface area (Å²) in [6, 6.07) is 0.191. The minimum atomic E-state index is -5.11. The second kappa shape index (κ2) is 4.44. The third kappa shape index (κ3) is 2.82. The fourth-order valence-corrected chi connectivity index (χ4v) is 1.34. The van der Waals surface area contributed by atoms with Crippen LogP contribution in [-0.4, -0.2) is 16.1 Å². The molecule has 9 heteroatoms. The van der Waals surface area contributed by atoms with Gasteiger partial charge in [0.25, 0.3) is 6.43 Å². The second-order valence-corrected chi connectivity index (χ2v) is 3.24. The highest BCUT2D eigenvalue weighted by Crippen LogP contribution is 2.36. The van der Waals surface area contributed by atoms with Gasteiger partial charge in [0.1, 0.15) is 10.8 Å². The van der Waals surface area contributed by atoms with E-state index in [1.165, 1.54) is 0 Å². The molecule has 0 aliphatic rings. The summed E-state index contributed by atoms with van der Waals surface area (Å²) in [6.07, 6.45) is -8.58. The summed E-state index contributed by atoms with van der Waals surface area (Å²) in [7, 11) is 0. The maximum atomic E-state index is 12.4. The first-order valence-electron chi connectivity index (χ1n) is 3.93. The Morgan fingerprint density at radius 1 is 1.41 bits per heavy atom. The first kappa shape index (κ1) is 13.6. The number of hydrogen-bond donors (Lipinski definition) is 1. The Morgan fingerprint density at radius 2 is 1.94 bits per heavy atom. The molecule has 1 aromatic heterocycles. The normalized spacial score (nSPS) is 11.9. The van der Waals surface area contributed by atoms with Gasteiger partial charge in [0.2, 0.25) is 0 Å². The lowest BCUT2D eigenvalue weighted by Gasteiger charge is -2.13. The number of pyridine rings is 1. The van der Waals surface area contributed by atoms with Crippen LogP contribution in [0.25, 0.3) is 0 Å². The lowest BCUT2D eigenvalue weighted by molar-refractivity contribution is -0.138. The maximum absolute atomic E-state index is 12.4. The van der Waals surface area contributed by atoms with Gasteiger partial charge < -0.3 is 5.11 Å². The molecule has 0 aliphatic heterocycles. The molecule has 0 spiro atoms. The highest BCUT2D eigenvalue weighted by atomic mass is 35.5. The number of rotatable bonds is 2. The number of aromatic carboxylic acids is 1. The average Bonchev–Trinajstić information content (AvgIpc) is 2.14. The monoisotopic (exact) mass is 275 g/mol. The molecule has 3 nitrogen and oxygen atoms in total. The Balaban J connectivity index is 3.64. The summed E-state index contributed by atoms with van der Waals surface area (Å²) >= 11 is 5.14. The van der Waals surface area contributed by atoms with E-state index in [-0.39, 0.29) is 6.07 Å². The number of halogens is 6. The molecular weight excluding hydrogens is 273 g/mol. The van der Waals surface area contributed by atoms with Crippen LogP contribution in [0.1, 0.15) is 28.0 Å². The summed E-state index contributed by atoms with van der Waals surface area (Å²) < 4.78 is 62.1. The van der Waals surface area contributed by atoms with Crippen molar-refractivity contribution < 1.29 is 31.9 Å². The van der Waals surface area contributed by atoms with E-state index in [0.29, 0.717) is 0 Å². The Hall–Kier alpha value is -1.44. The fraction of sp³-hybridized carbons (Fsp3) is 0.250. The third-order valence-electron chi connectivity index (χ3n) is 1.74. The molecule has 0 aliphatic carbocycles. The number of carbonyl (C=O) groups is 1. The maximum Gasteiger partial charge on any atom is 0.417 e. The van der Waals surface area contributed by atoms with Crippen LogP contribution in [0.4, 0.5) is 22.0 Å². The van der Waals surface area contributed by atoms with Crippen molar-refractivity contribution >= 4 is 17.6 Å². The first-order valence-corrected chi connectivity index (χ1v) is 4.31. The second-order valence-electron chi connectivity index (χ2n) is 2.86. The molecule has 94 valence electrons. The molecule has 0 amide bonds. The number of aromatic nitrogens is 1. The van der Waals surface area contributed by atoms with Crippen LogP contribution in [0, 0.1) is 0 Å². The first-order chi connectivity index (χ1) is 7.64. The molecule has 0 unspecified atom stereocenters. The molecule has 0 aromatic carbocycles. The minimum Gasteiger partial charge on any atom is -0.478 e. The molecule has 0 bridgehead atoms. The van der Waals surface area contributed by atoms with Gasteiger partial charge in [-0.15, -0.1) is 0 Å². The van der Waals surface area contributed by atoms with E-state index >= 15 is 0 Å². The summed E-state index contributed by atoms with van der Waals surface area (Å²) in [5, 5.41) is 7.68. The highest BCUT2D eigenvalue weighted by molar-refractivity contribution is 6.29. The van der Waals surface area contributed by atoms with Crippen LogP contribution in [0.2, 0.25) is 5.15 Å². The Kier molecular flexibility index (Phi) is 3.56. The van der Waals surface area contributed by atoms with Crippen molar-refractivity contribution in [3.63, 3.8) is 0 Å². The molecule has 17 heavy (non-hydrogen) atoms. The third-order valence-corrected chi connectivity index (χ3v) is 1.94. The van der Waals surface area contributed by atoms with Gasteiger partial charge in [-0.2, -0.15) is 13.2 Å². The number of alkyl halides is 5. The van der Waals surface area contributed by atoms with Gasteiger partial charge in [0.05, 0.1) is 11.1 Å². The topological polar surface area (TPSA) is 50.2 Å². The Bertz CT molecular complexity index is 460. The predicted molar refractivity (Wildman–Crippen MR) is 46.2 cm³/mol. The van der Waals surface area contributed by atoms with Gasteiger partial charge in [-0.05, 0) is 6.07 Å². The van der Waals surface area contributed by atoms with Crippen molar-refractivity contribution in [2.24, 2.45) is 0 Å². The molecule has 1 heterocycles. The smallest absolute Gasteiger partial charge is 0.417 e. The van der Waals surface area contributed by atoms with Gasteiger partial charge in [-0.25, -0.2) is 18.6 Å². The minimum absolute atomic E-state index is 0.191. The van der Waals surface area contributed by atoms with Gasteiger partial charge in [0.15, 0.2) is 0 Å². The highest BCUT2D eigenvalue weighted by Gasteiger charge is 2.39. The van der Waals surface area contributed by atoms with E-state index in [9.17, 15) is 26.7 Å². The molecule has 0 fully saturated rings. The van der Waals surface area contributed by atoms with Crippen LogP contribution in [0.3, 0.4) is 0 Å². The van der Waals surface area contributed by atoms with E-state index in [4.69, 9.17) is 16.7 Å². The fourth-order valence-electron chi connectivity index (χ4n) is 1.14. The van der Waals surface area contributed by atoms with E-state index in [1.807, 2.05) is 0 Å². The van der Waals surface area contributed by atoms with Crippen molar-refractivity contribution in [2.45, 2.75) is 12.6 Å². The molecule has 1 rings (SSSR count). The molecular formula is C8H3ClF5NO2. The van der Waals surface area contributed by atoms with Crippen LogP contribution in [0.5, 0.6) is 0 Å². The van der Waals surface area contributed by atoms with Crippen molar-refractivity contribution in [3.8, 4) is 0 Å². The van der Waals surface area contributed by atoms with Crippen LogP contribution in [0.15, 0.2) is 6.07 Å². The quantitative estimate of drug-likeness (QED) is 0.665. The van der Waals surface area contributed by atoms with Crippen molar-refractivity contribution in [2.75, 3.05) is 0 Å². The number of hydrogen-bond acceptors (Lipinski definition) is 2. The zero-order valence-corrected chi connectivity index (χ0v) is 8.48. The van der Waals surface area contributed by atoms with Crippen molar-refractivity contribution in [3.05, 3.63) is 28.0 Å². The lowest BCUT2D eigenvalue weighted by Crippen LogP contribution is -2.17. The largest absolute Gasteiger partial charge is 0.478 e. The van der Waals surface area contributed by atoms with Crippen molar-refractivity contribution in [1.82, 2.24) is 4.98 Å². The van der Waals surface area contributed by atoms with Gasteiger partial charge >= 0.3 is 12.1 Å². The lowest BCUT2D eigenvalue weighted by atomic mass is 10.1. The standard InChI is InChI=1S/C8H3ClF5NO2/c9-3-1-2(8(12,13)14)4(7(16)17)5(15-3)6(10)11/h1,6H,(H,16,17). The SMILES string of the molecule is O=C(O)c1c(C(F)(F)F)cc(Cl)nc1C(F)F. The molecule has 1 N–H and O–H groups in total. The predicted octanol–water partition coefficient (Wildman–Crippen LogP) is 3.39. The summed E-state index contributed by atoms with van der Waals surface area (Å²) in [6.45, 7) is 0. The zero-order valence-electron chi connectivity index (χ0n) is 7.73. The summed E-state index contributed by atoms with van der Waals surface area (Å²) in [5.74, 6) is -2.14. The zero-order chi connectivity index (χ0) is 13.4. The van der Waals surface area contributed by atoms with Gasteiger partial charge in [-0.3, -0.25) is 0 Å². The number of carboxylic acid groups (broad SMARTS) is 1. The van der Waals surface area contributed by atoms with Gasteiger partial charge in [0, 0.05) is 0 Å². The molecule has 0 radical (unpaired) electrons. The Morgan fingerprint density at radius 3 is 2.29 bits per heavy atom. The van der Waals surface area contributed by atoms with Gasteiger partial charge in [-0.1, -0.05) is 11.6 Å². The van der Waals surface area contributed by atoms with E-state index in [2.05, 4.69) is 4.98 Å². The number of carboxylic acids is 1.